The fraction of sp³-hybridized carbons (Fsp3) is 0.947. The molecule has 0 aromatic heterocycles. The monoisotopic (exact) mass is 499 g/mol. The van der Waals surface area contributed by atoms with E-state index >= 15 is 0 Å². The first kappa shape index (κ1) is 27.5. The Bertz CT molecular complexity index is 685. The molecular formula is C19H33NO14. The summed E-state index contributed by atoms with van der Waals surface area (Å²) in [7, 11) is 0. The normalized spacial score (nSPS) is 50.1. The Kier molecular flexibility index (Phi) is 9.18. The van der Waals surface area contributed by atoms with Gasteiger partial charge in [0.15, 0.2) is 18.9 Å². The Labute approximate surface area is 194 Å². The van der Waals surface area contributed by atoms with Crippen molar-refractivity contribution < 1.29 is 69.3 Å². The number of amides is 1. The fourth-order valence-corrected chi connectivity index (χ4v) is 4.12. The summed E-state index contributed by atoms with van der Waals surface area (Å²) in [5, 5.41) is 83.0. The zero-order chi connectivity index (χ0) is 25.3. The molecule has 9 N–H and O–H groups in total. The molecule has 3 fully saturated rings. The molecule has 34 heavy (non-hydrogen) atoms. The molecule has 3 aliphatic heterocycles. The van der Waals surface area contributed by atoms with Gasteiger partial charge in [0.1, 0.15) is 61.0 Å². The lowest BCUT2D eigenvalue weighted by Gasteiger charge is -2.48. The lowest BCUT2D eigenvalue weighted by Crippen LogP contribution is -2.69. The predicted molar refractivity (Wildman–Crippen MR) is 105 cm³/mol. The van der Waals surface area contributed by atoms with E-state index in [0.29, 0.717) is 0 Å². The van der Waals surface area contributed by atoms with Gasteiger partial charge in [0.25, 0.3) is 0 Å². The van der Waals surface area contributed by atoms with Crippen LogP contribution in [0.3, 0.4) is 0 Å². The number of rotatable bonds is 6. The molecule has 0 saturated carbocycles. The molecule has 3 heterocycles. The van der Waals surface area contributed by atoms with Crippen LogP contribution in [0.2, 0.25) is 0 Å². The maximum atomic E-state index is 11.8. The molecule has 3 saturated heterocycles. The standard InChI is InChI=1S/C19H33NO14/c1-5-10(24)12(26)14(28)19(31-5)33-15-8(3-21)32-17(29)9(20-6(2)22)16(15)34-18-13(27)11(25)7(23)4-30-18/h5,7-19,21,23-29H,3-4H2,1-2H3,(H,20,22)/t5-,7-,8+,9+,10+,11-,12+,13+,14-,15+,16+,17+,18-,19-/m0/s1. The Morgan fingerprint density at radius 2 is 1.50 bits per heavy atom. The van der Waals surface area contributed by atoms with Crippen molar-refractivity contribution in [2.45, 2.75) is 99.8 Å². The lowest BCUT2D eigenvalue weighted by atomic mass is 9.95. The highest BCUT2D eigenvalue weighted by atomic mass is 16.7. The SMILES string of the molecule is CC(=O)N[C@@H]1[C@@H](O[C@@H]2OC[C@H](O)[C@H](O)[C@H]2O)[C@H](O[C@@H]2O[C@@H](C)[C@@H](O)[C@@H](O)[C@@H]2O)[C@@H](CO)O[C@H]1O. The van der Waals surface area contributed by atoms with Gasteiger partial charge >= 0.3 is 0 Å². The van der Waals surface area contributed by atoms with Crippen LogP contribution >= 0.6 is 0 Å². The van der Waals surface area contributed by atoms with Gasteiger partial charge < -0.3 is 69.9 Å². The van der Waals surface area contributed by atoms with Crippen LogP contribution in [-0.4, -0.2) is 146 Å². The predicted octanol–water partition coefficient (Wildman–Crippen LogP) is -5.76. The number of nitrogens with one attached hydrogen (secondary N) is 1. The van der Waals surface area contributed by atoms with Crippen molar-refractivity contribution >= 4 is 5.91 Å². The van der Waals surface area contributed by atoms with Gasteiger partial charge in [-0.3, -0.25) is 4.79 Å². The fourth-order valence-electron chi connectivity index (χ4n) is 4.12. The van der Waals surface area contributed by atoms with Gasteiger partial charge in [-0.15, -0.1) is 0 Å². The van der Waals surface area contributed by atoms with E-state index in [-0.39, 0.29) is 0 Å². The van der Waals surface area contributed by atoms with Crippen molar-refractivity contribution in [1.29, 1.82) is 0 Å². The topological polar surface area (TPSA) is 237 Å². The van der Waals surface area contributed by atoms with E-state index in [2.05, 4.69) is 5.32 Å². The van der Waals surface area contributed by atoms with Crippen molar-refractivity contribution in [3.05, 3.63) is 0 Å². The molecule has 0 aromatic carbocycles. The smallest absolute Gasteiger partial charge is 0.217 e. The molecule has 0 unspecified atom stereocenters. The van der Waals surface area contributed by atoms with Gasteiger partial charge in [0.05, 0.1) is 19.3 Å². The zero-order valence-corrected chi connectivity index (χ0v) is 18.5. The summed E-state index contributed by atoms with van der Waals surface area (Å²) >= 11 is 0. The summed E-state index contributed by atoms with van der Waals surface area (Å²) in [5.74, 6) is -0.607. The molecule has 15 nitrogen and oxygen atoms in total. The molecule has 0 aromatic rings. The Balaban J connectivity index is 1.89. The molecule has 0 spiro atoms. The third kappa shape index (κ3) is 5.67. The minimum atomic E-state index is -1.73. The summed E-state index contributed by atoms with van der Waals surface area (Å²) in [6.07, 6.45) is -19.5. The van der Waals surface area contributed by atoms with Gasteiger partial charge in [-0.1, -0.05) is 0 Å². The molecule has 0 aliphatic carbocycles. The first-order valence-corrected chi connectivity index (χ1v) is 10.8. The van der Waals surface area contributed by atoms with E-state index in [1.165, 1.54) is 6.92 Å². The van der Waals surface area contributed by atoms with E-state index in [0.717, 1.165) is 6.92 Å². The van der Waals surface area contributed by atoms with Crippen molar-refractivity contribution in [2.75, 3.05) is 13.2 Å². The largest absolute Gasteiger partial charge is 0.394 e. The van der Waals surface area contributed by atoms with Crippen molar-refractivity contribution in [1.82, 2.24) is 5.32 Å². The minimum absolute atomic E-state index is 0.402. The van der Waals surface area contributed by atoms with Crippen LogP contribution in [0.15, 0.2) is 0 Å². The zero-order valence-electron chi connectivity index (χ0n) is 18.5. The number of carbonyl (C=O) groups excluding carboxylic acids is 1. The second-order valence-corrected chi connectivity index (χ2v) is 8.61. The highest BCUT2D eigenvalue weighted by molar-refractivity contribution is 5.73. The first-order chi connectivity index (χ1) is 16.0. The van der Waals surface area contributed by atoms with Crippen molar-refractivity contribution in [2.24, 2.45) is 0 Å². The maximum absolute atomic E-state index is 11.8. The second kappa shape index (κ2) is 11.3. The molecule has 1 amide bonds. The van der Waals surface area contributed by atoms with Gasteiger partial charge in [-0.25, -0.2) is 0 Å². The van der Waals surface area contributed by atoms with Crippen LogP contribution in [0, 0.1) is 0 Å². The highest BCUT2D eigenvalue weighted by Gasteiger charge is 2.53. The summed E-state index contributed by atoms with van der Waals surface area (Å²) < 4.78 is 27.6. The molecule has 0 radical (unpaired) electrons. The highest BCUT2D eigenvalue weighted by Crippen LogP contribution is 2.32. The second-order valence-electron chi connectivity index (χ2n) is 8.61. The van der Waals surface area contributed by atoms with E-state index < -0.39 is 105 Å². The van der Waals surface area contributed by atoms with Crippen molar-refractivity contribution in [3.63, 3.8) is 0 Å². The number of ether oxygens (including phenoxy) is 5. The first-order valence-electron chi connectivity index (χ1n) is 10.8. The van der Waals surface area contributed by atoms with Crippen LogP contribution in [0.1, 0.15) is 13.8 Å². The lowest BCUT2D eigenvalue weighted by molar-refractivity contribution is -0.364. The van der Waals surface area contributed by atoms with Gasteiger partial charge in [0, 0.05) is 6.92 Å². The van der Waals surface area contributed by atoms with Gasteiger partial charge in [-0.05, 0) is 6.92 Å². The van der Waals surface area contributed by atoms with Crippen LogP contribution < -0.4 is 5.32 Å². The maximum Gasteiger partial charge on any atom is 0.217 e. The summed E-state index contributed by atoms with van der Waals surface area (Å²) in [4.78, 5) is 11.8. The molecule has 14 atom stereocenters. The average molecular weight is 499 g/mol. The number of aliphatic hydroxyl groups excluding tert-OH is 8. The third-order valence-electron chi connectivity index (χ3n) is 6.06. The van der Waals surface area contributed by atoms with Crippen LogP contribution in [0.25, 0.3) is 0 Å². The Hall–Kier alpha value is -1.05. The van der Waals surface area contributed by atoms with Crippen LogP contribution in [0.5, 0.6) is 0 Å². The van der Waals surface area contributed by atoms with E-state index in [1.807, 2.05) is 0 Å². The quantitative estimate of drug-likeness (QED) is 0.166. The average Bonchev–Trinajstić information content (AvgIpc) is 2.79. The molecule has 3 aliphatic rings. The Morgan fingerprint density at radius 3 is 2.12 bits per heavy atom. The molecule has 198 valence electrons. The molecular weight excluding hydrogens is 466 g/mol. The molecule has 0 bridgehead atoms. The van der Waals surface area contributed by atoms with Crippen LogP contribution in [-0.2, 0) is 28.5 Å². The van der Waals surface area contributed by atoms with E-state index in [4.69, 9.17) is 23.7 Å². The Morgan fingerprint density at radius 1 is 0.882 bits per heavy atom. The summed E-state index contributed by atoms with van der Waals surface area (Å²) in [6, 6.07) is -1.35. The molecule has 15 heteroatoms. The number of hydrogen-bond acceptors (Lipinski definition) is 14. The molecule has 3 rings (SSSR count). The third-order valence-corrected chi connectivity index (χ3v) is 6.06. The number of aliphatic hydroxyl groups is 8. The van der Waals surface area contributed by atoms with Gasteiger partial charge in [-0.2, -0.15) is 0 Å². The summed E-state index contributed by atoms with van der Waals surface area (Å²) in [5.41, 5.74) is 0. The summed E-state index contributed by atoms with van der Waals surface area (Å²) in [6.45, 7) is 1.44. The van der Waals surface area contributed by atoms with Gasteiger partial charge in [0.2, 0.25) is 5.91 Å². The minimum Gasteiger partial charge on any atom is -0.394 e. The van der Waals surface area contributed by atoms with E-state index in [9.17, 15) is 45.6 Å². The number of carbonyl (C=O) groups is 1. The van der Waals surface area contributed by atoms with E-state index in [1.54, 1.807) is 0 Å². The number of hydrogen-bond donors (Lipinski definition) is 9. The van der Waals surface area contributed by atoms with Crippen LogP contribution in [0.4, 0.5) is 0 Å². The van der Waals surface area contributed by atoms with Crippen molar-refractivity contribution in [3.8, 4) is 0 Å².